The van der Waals surface area contributed by atoms with E-state index in [-0.39, 0.29) is 0 Å². The van der Waals surface area contributed by atoms with E-state index >= 15 is 0 Å². The molecule has 1 saturated heterocycles. The Kier molecular flexibility index (Phi) is 3.73. The van der Waals surface area contributed by atoms with Crippen molar-refractivity contribution in [2.24, 2.45) is 7.05 Å². The molecule has 0 spiro atoms. The highest BCUT2D eigenvalue weighted by Gasteiger charge is 2.18. The van der Waals surface area contributed by atoms with Gasteiger partial charge in [0.2, 0.25) is 0 Å². The number of ether oxygens (including phenoxy) is 1. The molecule has 1 aliphatic rings. The van der Waals surface area contributed by atoms with E-state index in [2.05, 4.69) is 16.1 Å². The van der Waals surface area contributed by atoms with Crippen LogP contribution in [0.4, 0.5) is 11.4 Å². The zero-order valence-corrected chi connectivity index (χ0v) is 12.7. The first kappa shape index (κ1) is 13.8. The van der Waals surface area contributed by atoms with Gasteiger partial charge in [0.25, 0.3) is 0 Å². The fourth-order valence-corrected chi connectivity index (χ4v) is 2.95. The highest BCUT2D eigenvalue weighted by Crippen LogP contribution is 2.38. The van der Waals surface area contributed by atoms with Crippen molar-refractivity contribution in [3.05, 3.63) is 24.5 Å². The van der Waals surface area contributed by atoms with E-state index < -0.39 is 0 Å². The molecule has 1 fully saturated rings. The van der Waals surface area contributed by atoms with E-state index in [1.165, 1.54) is 24.9 Å². The number of aromatic nitrogens is 2. The number of hydrogen-bond acceptors (Lipinski definition) is 4. The van der Waals surface area contributed by atoms with E-state index in [1.54, 1.807) is 7.11 Å². The zero-order valence-electron chi connectivity index (χ0n) is 12.7. The van der Waals surface area contributed by atoms with Gasteiger partial charge >= 0.3 is 0 Å². The van der Waals surface area contributed by atoms with Crippen LogP contribution in [0.2, 0.25) is 0 Å². The van der Waals surface area contributed by atoms with E-state index in [4.69, 9.17) is 10.5 Å². The minimum atomic E-state index is 0.664. The molecule has 2 heterocycles. The largest absolute Gasteiger partial charge is 0.495 e. The Morgan fingerprint density at radius 3 is 2.57 bits per heavy atom. The predicted molar refractivity (Wildman–Crippen MR) is 85.7 cm³/mol. The lowest BCUT2D eigenvalue weighted by atomic mass is 10.0. The van der Waals surface area contributed by atoms with E-state index in [0.29, 0.717) is 5.69 Å². The van der Waals surface area contributed by atoms with Crippen molar-refractivity contribution in [2.45, 2.75) is 19.3 Å². The van der Waals surface area contributed by atoms with Crippen molar-refractivity contribution in [3.63, 3.8) is 0 Å². The lowest BCUT2D eigenvalue weighted by molar-refractivity contribution is 0.417. The molecule has 21 heavy (non-hydrogen) atoms. The summed E-state index contributed by atoms with van der Waals surface area (Å²) in [5, 5.41) is 4.28. The van der Waals surface area contributed by atoms with Crippen molar-refractivity contribution in [3.8, 4) is 16.9 Å². The molecule has 0 bridgehead atoms. The molecule has 0 saturated carbocycles. The first-order chi connectivity index (χ1) is 10.2. The van der Waals surface area contributed by atoms with Crippen molar-refractivity contribution >= 4 is 11.4 Å². The maximum absolute atomic E-state index is 6.10. The first-order valence-electron chi connectivity index (χ1n) is 7.40. The molecular weight excluding hydrogens is 264 g/mol. The lowest BCUT2D eigenvalue weighted by Gasteiger charge is -2.31. The molecule has 0 radical (unpaired) electrons. The molecule has 5 nitrogen and oxygen atoms in total. The smallest absolute Gasteiger partial charge is 0.143 e. The third-order valence-corrected chi connectivity index (χ3v) is 4.06. The zero-order chi connectivity index (χ0) is 14.8. The lowest BCUT2D eigenvalue weighted by Crippen LogP contribution is -2.29. The molecule has 2 aromatic rings. The average Bonchev–Trinajstić information content (AvgIpc) is 2.94. The number of rotatable bonds is 3. The Morgan fingerprint density at radius 2 is 1.95 bits per heavy atom. The molecule has 5 heteroatoms. The summed E-state index contributed by atoms with van der Waals surface area (Å²) in [4.78, 5) is 2.42. The summed E-state index contributed by atoms with van der Waals surface area (Å²) in [5.74, 6) is 0.739. The van der Waals surface area contributed by atoms with Crippen molar-refractivity contribution in [1.82, 2.24) is 9.78 Å². The molecule has 0 amide bonds. The Morgan fingerprint density at radius 1 is 1.19 bits per heavy atom. The summed E-state index contributed by atoms with van der Waals surface area (Å²) in [5.41, 5.74) is 10.2. The average molecular weight is 286 g/mol. The van der Waals surface area contributed by atoms with Gasteiger partial charge in [-0.2, -0.15) is 5.10 Å². The van der Waals surface area contributed by atoms with Gasteiger partial charge in [0.05, 0.1) is 19.0 Å². The van der Waals surface area contributed by atoms with Crippen LogP contribution in [-0.2, 0) is 7.05 Å². The fraction of sp³-hybridized carbons (Fsp3) is 0.438. The van der Waals surface area contributed by atoms with Gasteiger partial charge in [-0.05, 0) is 25.3 Å². The van der Waals surface area contributed by atoms with Crippen LogP contribution in [0.1, 0.15) is 19.3 Å². The number of nitrogens with zero attached hydrogens (tertiary/aromatic N) is 3. The molecule has 1 aromatic heterocycles. The third kappa shape index (κ3) is 2.68. The summed E-state index contributed by atoms with van der Waals surface area (Å²) in [6.07, 6.45) is 7.69. The SMILES string of the molecule is COc1cc(N2CCCCC2)c(-c2cnn(C)c2)cc1N. The molecule has 0 unspecified atom stereocenters. The van der Waals surface area contributed by atoms with Crippen molar-refractivity contribution in [2.75, 3.05) is 30.8 Å². The van der Waals surface area contributed by atoms with E-state index in [1.807, 2.05) is 30.2 Å². The highest BCUT2D eigenvalue weighted by molar-refractivity contribution is 5.83. The number of aryl methyl sites for hydroxylation is 1. The van der Waals surface area contributed by atoms with Gasteiger partial charge in [-0.25, -0.2) is 0 Å². The Labute approximate surface area is 125 Å². The van der Waals surface area contributed by atoms with Gasteiger partial charge in [0, 0.05) is 49.2 Å². The molecule has 0 atom stereocenters. The van der Waals surface area contributed by atoms with Gasteiger partial charge in [-0.15, -0.1) is 0 Å². The van der Waals surface area contributed by atoms with E-state index in [0.717, 1.165) is 30.0 Å². The monoisotopic (exact) mass is 286 g/mol. The van der Waals surface area contributed by atoms with Gasteiger partial charge in [0.1, 0.15) is 5.75 Å². The van der Waals surface area contributed by atoms with Crippen LogP contribution in [0, 0.1) is 0 Å². The van der Waals surface area contributed by atoms with Gasteiger partial charge in [-0.3, -0.25) is 4.68 Å². The quantitative estimate of drug-likeness (QED) is 0.881. The second-order valence-corrected chi connectivity index (χ2v) is 5.56. The third-order valence-electron chi connectivity index (χ3n) is 4.06. The van der Waals surface area contributed by atoms with Crippen molar-refractivity contribution < 1.29 is 4.74 Å². The number of methoxy groups -OCH3 is 1. The predicted octanol–water partition coefficient (Wildman–Crippen LogP) is 2.67. The Bertz CT molecular complexity index is 629. The standard InChI is InChI=1S/C16H22N4O/c1-19-11-12(10-18-19)13-8-14(17)16(21-2)9-15(13)20-6-4-3-5-7-20/h8-11H,3-7,17H2,1-2H3. The summed E-state index contributed by atoms with van der Waals surface area (Å²) in [6, 6.07) is 4.06. The Hall–Kier alpha value is -2.17. The summed E-state index contributed by atoms with van der Waals surface area (Å²) in [6.45, 7) is 2.17. The second kappa shape index (κ2) is 5.68. The van der Waals surface area contributed by atoms with Crippen LogP contribution in [0.25, 0.3) is 11.1 Å². The number of nitrogen functional groups attached to an aromatic ring is 1. The number of hydrogen-bond donors (Lipinski definition) is 1. The van der Waals surface area contributed by atoms with Gasteiger partial charge in [-0.1, -0.05) is 0 Å². The number of piperidine rings is 1. The van der Waals surface area contributed by atoms with Crippen molar-refractivity contribution in [1.29, 1.82) is 0 Å². The first-order valence-corrected chi connectivity index (χ1v) is 7.40. The maximum atomic E-state index is 6.10. The van der Waals surface area contributed by atoms with Crippen LogP contribution in [0.15, 0.2) is 24.5 Å². The number of benzene rings is 1. The number of anilines is 2. The number of nitrogens with two attached hydrogens (primary N) is 1. The fourth-order valence-electron chi connectivity index (χ4n) is 2.95. The maximum Gasteiger partial charge on any atom is 0.143 e. The Balaban J connectivity index is 2.09. The summed E-state index contributed by atoms with van der Waals surface area (Å²) in [7, 11) is 3.59. The van der Waals surface area contributed by atoms with Crippen LogP contribution in [0.5, 0.6) is 5.75 Å². The minimum Gasteiger partial charge on any atom is -0.495 e. The summed E-state index contributed by atoms with van der Waals surface area (Å²) >= 11 is 0. The highest BCUT2D eigenvalue weighted by atomic mass is 16.5. The molecule has 0 aliphatic carbocycles. The minimum absolute atomic E-state index is 0.664. The molecule has 1 aromatic carbocycles. The molecular formula is C16H22N4O. The molecule has 3 rings (SSSR count). The molecule has 2 N–H and O–H groups in total. The van der Waals surface area contributed by atoms with Crippen LogP contribution in [-0.4, -0.2) is 30.0 Å². The van der Waals surface area contributed by atoms with Gasteiger partial charge < -0.3 is 15.4 Å². The van der Waals surface area contributed by atoms with Gasteiger partial charge in [0.15, 0.2) is 0 Å². The van der Waals surface area contributed by atoms with Crippen LogP contribution in [0.3, 0.4) is 0 Å². The summed E-state index contributed by atoms with van der Waals surface area (Å²) < 4.78 is 7.22. The van der Waals surface area contributed by atoms with E-state index in [9.17, 15) is 0 Å². The van der Waals surface area contributed by atoms with Crippen LogP contribution >= 0.6 is 0 Å². The topological polar surface area (TPSA) is 56.3 Å². The molecule has 112 valence electrons. The molecule has 1 aliphatic heterocycles. The normalized spacial score (nSPS) is 15.2. The second-order valence-electron chi connectivity index (χ2n) is 5.56. The van der Waals surface area contributed by atoms with Crippen LogP contribution < -0.4 is 15.4 Å².